The van der Waals surface area contributed by atoms with Crippen LogP contribution in [-0.2, 0) is 4.74 Å². The molecule has 1 aromatic heterocycles. The van der Waals surface area contributed by atoms with Crippen LogP contribution in [0.5, 0.6) is 0 Å². The van der Waals surface area contributed by atoms with Gasteiger partial charge in [-0.15, -0.1) is 11.3 Å². The first-order chi connectivity index (χ1) is 7.09. The highest BCUT2D eigenvalue weighted by atomic mass is 32.1. The molecular weight excluding hydrogens is 210 g/mol. The first kappa shape index (κ1) is 10.2. The highest BCUT2D eigenvalue weighted by Crippen LogP contribution is 2.20. The Morgan fingerprint density at radius 3 is 3.00 bits per heavy atom. The fourth-order valence-corrected chi connectivity index (χ4v) is 2.24. The summed E-state index contributed by atoms with van der Waals surface area (Å²) in [5.41, 5.74) is 0.887. The quantitative estimate of drug-likeness (QED) is 0.836. The molecule has 80 valence electrons. The lowest BCUT2D eigenvalue weighted by Gasteiger charge is -2.14. The first-order valence-corrected chi connectivity index (χ1v) is 5.65. The van der Waals surface area contributed by atoms with E-state index in [0.29, 0.717) is 6.61 Å². The lowest BCUT2D eigenvalue weighted by molar-refractivity contribution is 0.175. The average Bonchev–Trinajstić information content (AvgIpc) is 2.71. The molecule has 0 bridgehead atoms. The lowest BCUT2D eigenvalue weighted by Crippen LogP contribution is -2.37. The van der Waals surface area contributed by atoms with Crippen molar-refractivity contribution in [1.82, 2.24) is 5.32 Å². The number of carbonyl (C=O) groups is 1. The van der Waals surface area contributed by atoms with Crippen molar-refractivity contribution in [1.29, 1.82) is 0 Å². The summed E-state index contributed by atoms with van der Waals surface area (Å²) in [5, 5.41) is 4.83. The maximum absolute atomic E-state index is 10.9. The van der Waals surface area contributed by atoms with E-state index in [1.165, 1.54) is 10.4 Å². The van der Waals surface area contributed by atoms with Crippen molar-refractivity contribution in [2.45, 2.75) is 19.4 Å². The Morgan fingerprint density at radius 2 is 2.47 bits per heavy atom. The van der Waals surface area contributed by atoms with Crippen molar-refractivity contribution in [2.75, 3.05) is 6.61 Å². The molecule has 4 heteroatoms. The number of ether oxygens (including phenoxy) is 1. The Balaban J connectivity index is 2.12. The second-order valence-corrected chi connectivity index (χ2v) is 4.87. The molecule has 1 amide bonds. The zero-order valence-corrected chi connectivity index (χ0v) is 9.56. The van der Waals surface area contributed by atoms with Crippen LogP contribution in [0.4, 0.5) is 4.79 Å². The zero-order chi connectivity index (χ0) is 10.9. The number of cyclic esters (lactones) is 1. The van der Waals surface area contributed by atoms with Crippen LogP contribution in [0, 0.1) is 6.92 Å². The molecule has 2 heterocycles. The van der Waals surface area contributed by atoms with Crippen molar-refractivity contribution in [3.8, 4) is 0 Å². The van der Waals surface area contributed by atoms with E-state index >= 15 is 0 Å². The number of alkyl carbamates (subject to hydrolysis) is 1. The fourth-order valence-electron chi connectivity index (χ4n) is 1.43. The predicted molar refractivity (Wildman–Crippen MR) is 61.0 cm³/mol. The average molecular weight is 223 g/mol. The minimum atomic E-state index is -0.368. The Hall–Kier alpha value is -1.29. The van der Waals surface area contributed by atoms with Gasteiger partial charge < -0.3 is 10.1 Å². The van der Waals surface area contributed by atoms with Gasteiger partial charge in [0.2, 0.25) is 0 Å². The van der Waals surface area contributed by atoms with Gasteiger partial charge in [0.25, 0.3) is 0 Å². The molecular formula is C11H13NO2S. The molecule has 1 aromatic rings. The summed E-state index contributed by atoms with van der Waals surface area (Å²) in [5.74, 6) is 0. The largest absolute Gasteiger partial charge is 0.447 e. The standard InChI is InChI=1S/C11H13NO2S/c1-8-4-6-15-9(8)3-5-11(2)7-14-10(13)12-11/h3-6H,7H2,1-2H3,(H,12,13)/t11-/m1/s1. The molecule has 15 heavy (non-hydrogen) atoms. The van der Waals surface area contributed by atoms with Crippen molar-refractivity contribution in [3.05, 3.63) is 28.0 Å². The van der Waals surface area contributed by atoms with E-state index in [4.69, 9.17) is 4.74 Å². The number of nitrogens with one attached hydrogen (secondary N) is 1. The Bertz CT molecular complexity index is 410. The zero-order valence-electron chi connectivity index (χ0n) is 8.74. The first-order valence-electron chi connectivity index (χ1n) is 4.77. The van der Waals surface area contributed by atoms with Crippen LogP contribution < -0.4 is 5.32 Å². The van der Waals surface area contributed by atoms with Gasteiger partial charge in [-0.25, -0.2) is 4.79 Å². The molecule has 0 aliphatic carbocycles. The van der Waals surface area contributed by atoms with Crippen molar-refractivity contribution < 1.29 is 9.53 Å². The van der Waals surface area contributed by atoms with Gasteiger partial charge >= 0.3 is 6.09 Å². The van der Waals surface area contributed by atoms with Crippen molar-refractivity contribution in [3.63, 3.8) is 0 Å². The Kier molecular flexibility index (Phi) is 2.52. The van der Waals surface area contributed by atoms with Crippen LogP contribution in [0.25, 0.3) is 6.08 Å². The molecule has 1 N–H and O–H groups in total. The van der Waals surface area contributed by atoms with Crippen LogP contribution in [-0.4, -0.2) is 18.2 Å². The van der Waals surface area contributed by atoms with Gasteiger partial charge in [0, 0.05) is 4.88 Å². The summed E-state index contributed by atoms with van der Waals surface area (Å²) in [4.78, 5) is 12.1. The topological polar surface area (TPSA) is 38.3 Å². The molecule has 1 aliphatic heterocycles. The highest BCUT2D eigenvalue weighted by Gasteiger charge is 2.32. The van der Waals surface area contributed by atoms with E-state index in [1.54, 1.807) is 11.3 Å². The Labute approximate surface area is 92.8 Å². The summed E-state index contributed by atoms with van der Waals surface area (Å²) >= 11 is 1.69. The number of amides is 1. The smallest absolute Gasteiger partial charge is 0.408 e. The number of hydrogen-bond acceptors (Lipinski definition) is 3. The van der Waals surface area contributed by atoms with Gasteiger partial charge in [-0.3, -0.25) is 0 Å². The van der Waals surface area contributed by atoms with E-state index in [2.05, 4.69) is 23.7 Å². The van der Waals surface area contributed by atoms with Crippen LogP contribution in [0.3, 0.4) is 0 Å². The molecule has 2 rings (SSSR count). The van der Waals surface area contributed by atoms with E-state index in [9.17, 15) is 4.79 Å². The fraction of sp³-hybridized carbons (Fsp3) is 0.364. The molecule has 0 spiro atoms. The van der Waals surface area contributed by atoms with Crippen LogP contribution in [0.15, 0.2) is 17.5 Å². The molecule has 1 aliphatic rings. The van der Waals surface area contributed by atoms with Crippen LogP contribution >= 0.6 is 11.3 Å². The molecule has 0 unspecified atom stereocenters. The second-order valence-electron chi connectivity index (χ2n) is 3.92. The normalized spacial score (nSPS) is 25.6. The summed E-state index contributed by atoms with van der Waals surface area (Å²) in [7, 11) is 0. The SMILES string of the molecule is Cc1ccsc1C=C[C@]1(C)COC(=O)N1. The van der Waals surface area contributed by atoms with Gasteiger partial charge in [0.05, 0.1) is 5.54 Å². The number of carbonyl (C=O) groups excluding carboxylic acids is 1. The third kappa shape index (κ3) is 2.21. The van der Waals surface area contributed by atoms with Gasteiger partial charge in [0.15, 0.2) is 0 Å². The van der Waals surface area contributed by atoms with Gasteiger partial charge in [0.1, 0.15) is 6.61 Å². The molecule has 0 aromatic carbocycles. The maximum atomic E-state index is 10.9. The predicted octanol–water partition coefficient (Wildman–Crippen LogP) is 2.57. The number of rotatable bonds is 2. The monoisotopic (exact) mass is 223 g/mol. The van der Waals surface area contributed by atoms with E-state index in [1.807, 2.05) is 19.1 Å². The van der Waals surface area contributed by atoms with E-state index < -0.39 is 0 Å². The minimum Gasteiger partial charge on any atom is -0.447 e. The van der Waals surface area contributed by atoms with Crippen LogP contribution in [0.1, 0.15) is 17.4 Å². The number of thiophene rings is 1. The van der Waals surface area contributed by atoms with Crippen molar-refractivity contribution in [2.24, 2.45) is 0 Å². The highest BCUT2D eigenvalue weighted by molar-refractivity contribution is 7.11. The van der Waals surface area contributed by atoms with E-state index in [0.717, 1.165) is 0 Å². The van der Waals surface area contributed by atoms with Crippen LogP contribution in [0.2, 0.25) is 0 Å². The summed E-state index contributed by atoms with van der Waals surface area (Å²) < 4.78 is 4.87. The van der Waals surface area contributed by atoms with Crippen molar-refractivity contribution >= 4 is 23.5 Å². The van der Waals surface area contributed by atoms with Gasteiger partial charge in [-0.05, 0) is 36.9 Å². The molecule has 1 atom stereocenters. The number of hydrogen-bond donors (Lipinski definition) is 1. The van der Waals surface area contributed by atoms with E-state index in [-0.39, 0.29) is 11.6 Å². The van der Waals surface area contributed by atoms with Gasteiger partial charge in [-0.2, -0.15) is 0 Å². The molecule has 0 saturated carbocycles. The maximum Gasteiger partial charge on any atom is 0.408 e. The molecule has 0 radical (unpaired) electrons. The number of aryl methyl sites for hydroxylation is 1. The summed E-state index contributed by atoms with van der Waals surface area (Å²) in [6.07, 6.45) is 3.68. The summed E-state index contributed by atoms with van der Waals surface area (Å²) in [6, 6.07) is 2.08. The van der Waals surface area contributed by atoms with Gasteiger partial charge in [-0.1, -0.05) is 6.08 Å². The third-order valence-electron chi connectivity index (χ3n) is 2.39. The minimum absolute atomic E-state index is 0.343. The second kappa shape index (κ2) is 3.70. The Morgan fingerprint density at radius 1 is 1.67 bits per heavy atom. The lowest BCUT2D eigenvalue weighted by atomic mass is 10.0. The molecule has 3 nitrogen and oxygen atoms in total. The molecule has 1 fully saturated rings. The summed E-state index contributed by atoms with van der Waals surface area (Å²) in [6.45, 7) is 4.41. The molecule has 1 saturated heterocycles. The third-order valence-corrected chi connectivity index (χ3v) is 3.38.